The lowest BCUT2D eigenvalue weighted by Crippen LogP contribution is -2.46. The number of piperidine rings is 1. The summed E-state index contributed by atoms with van der Waals surface area (Å²) in [7, 11) is 0. The first-order chi connectivity index (χ1) is 18.6. The van der Waals surface area contributed by atoms with Gasteiger partial charge in [0.05, 0.1) is 5.41 Å². The Labute approximate surface area is 260 Å². The van der Waals surface area contributed by atoms with Crippen molar-refractivity contribution >= 4 is 46.7 Å². The number of amides is 1. The standard InChI is InChI=1S/C33H38BrN3O.2ClH/c34-30-13-11-27(12-14-30)22-37-20-17-33(32(37)38)15-18-35(19-16-33)23-29-24-36(21-26-7-3-1-4-8-26)25-31(29)28-9-5-2-6-10-28;;/h1-14,29,31H,15-25H2;2*1H/t29-,31+;;/m0../s1. The molecule has 0 aliphatic carbocycles. The minimum Gasteiger partial charge on any atom is -0.338 e. The first kappa shape index (κ1) is 31.1. The Bertz CT molecular complexity index is 1220. The molecular formula is C33H40BrCl2N3O. The smallest absolute Gasteiger partial charge is 0.229 e. The Balaban J connectivity index is 0.00000185. The SMILES string of the molecule is Cl.Cl.O=C1N(Cc2ccc(Br)cc2)CCC12CCN(C[C@H]1CN(Cc3ccccc3)C[C@@H]1c1ccccc1)CC2. The van der Waals surface area contributed by atoms with Crippen molar-refractivity contribution in [1.82, 2.24) is 14.7 Å². The monoisotopic (exact) mass is 643 g/mol. The molecule has 3 aromatic rings. The molecule has 4 nitrogen and oxygen atoms in total. The number of rotatable bonds is 7. The Morgan fingerprint density at radius 2 is 1.30 bits per heavy atom. The van der Waals surface area contributed by atoms with Gasteiger partial charge >= 0.3 is 0 Å². The second-order valence-corrected chi connectivity index (χ2v) is 12.6. The highest BCUT2D eigenvalue weighted by Gasteiger charge is 2.48. The average molecular weight is 646 g/mol. The summed E-state index contributed by atoms with van der Waals surface area (Å²) in [6, 6.07) is 30.4. The third-order valence-corrected chi connectivity index (χ3v) is 9.72. The molecule has 3 aromatic carbocycles. The minimum atomic E-state index is -0.139. The maximum Gasteiger partial charge on any atom is 0.229 e. The van der Waals surface area contributed by atoms with Crippen LogP contribution in [0, 0.1) is 11.3 Å². The number of carbonyl (C=O) groups is 1. The number of hydrogen-bond donors (Lipinski definition) is 0. The zero-order chi connectivity index (χ0) is 26.0. The highest BCUT2D eigenvalue weighted by molar-refractivity contribution is 9.10. The number of benzene rings is 3. The Morgan fingerprint density at radius 3 is 1.98 bits per heavy atom. The molecule has 1 amide bonds. The van der Waals surface area contributed by atoms with Crippen LogP contribution in [-0.2, 0) is 17.9 Å². The van der Waals surface area contributed by atoms with E-state index >= 15 is 0 Å². The molecular weight excluding hydrogens is 605 g/mol. The van der Waals surface area contributed by atoms with E-state index in [0.29, 0.717) is 17.7 Å². The fraction of sp³-hybridized carbons (Fsp3) is 0.424. The summed E-state index contributed by atoms with van der Waals surface area (Å²) in [4.78, 5) is 20.9. The van der Waals surface area contributed by atoms with Crippen LogP contribution in [0.4, 0.5) is 0 Å². The fourth-order valence-corrected chi connectivity index (χ4v) is 7.27. The Morgan fingerprint density at radius 1 is 0.700 bits per heavy atom. The molecule has 3 saturated heterocycles. The maximum atomic E-state index is 13.5. The number of nitrogens with zero attached hydrogens (tertiary/aromatic N) is 3. The van der Waals surface area contributed by atoms with E-state index in [0.717, 1.165) is 76.1 Å². The highest BCUT2D eigenvalue weighted by Crippen LogP contribution is 2.43. The zero-order valence-electron chi connectivity index (χ0n) is 23.0. The van der Waals surface area contributed by atoms with Gasteiger partial charge in [-0.15, -0.1) is 24.8 Å². The van der Waals surface area contributed by atoms with Gasteiger partial charge in [-0.05, 0) is 67.1 Å². The molecule has 0 radical (unpaired) electrons. The lowest BCUT2D eigenvalue weighted by Gasteiger charge is -2.39. The molecule has 0 N–H and O–H groups in total. The van der Waals surface area contributed by atoms with Crippen LogP contribution in [0.1, 0.15) is 41.9 Å². The summed E-state index contributed by atoms with van der Waals surface area (Å²) in [6.45, 7) is 8.09. The molecule has 2 atom stereocenters. The molecule has 6 rings (SSSR count). The lowest BCUT2D eigenvalue weighted by molar-refractivity contribution is -0.139. The Kier molecular flexibility index (Phi) is 10.8. The third kappa shape index (κ3) is 6.94. The summed E-state index contributed by atoms with van der Waals surface area (Å²) in [5.74, 6) is 1.56. The van der Waals surface area contributed by atoms with E-state index in [1.165, 1.54) is 16.7 Å². The van der Waals surface area contributed by atoms with Crippen molar-refractivity contribution in [3.8, 4) is 0 Å². The van der Waals surface area contributed by atoms with Crippen molar-refractivity contribution in [2.75, 3.05) is 39.3 Å². The summed E-state index contributed by atoms with van der Waals surface area (Å²) >= 11 is 3.51. The molecule has 0 aromatic heterocycles. The zero-order valence-corrected chi connectivity index (χ0v) is 26.2. The lowest BCUT2D eigenvalue weighted by atomic mass is 9.76. The molecule has 214 valence electrons. The predicted octanol–water partition coefficient (Wildman–Crippen LogP) is 7.02. The molecule has 40 heavy (non-hydrogen) atoms. The topological polar surface area (TPSA) is 26.8 Å². The van der Waals surface area contributed by atoms with E-state index in [1.807, 2.05) is 0 Å². The number of hydrogen-bond acceptors (Lipinski definition) is 3. The second-order valence-electron chi connectivity index (χ2n) is 11.6. The van der Waals surface area contributed by atoms with E-state index in [2.05, 4.69) is 116 Å². The summed E-state index contributed by atoms with van der Waals surface area (Å²) in [5.41, 5.74) is 3.94. The van der Waals surface area contributed by atoms with E-state index in [4.69, 9.17) is 0 Å². The molecule has 0 saturated carbocycles. The van der Waals surface area contributed by atoms with Crippen LogP contribution in [0.15, 0.2) is 89.4 Å². The van der Waals surface area contributed by atoms with Crippen LogP contribution in [0.3, 0.4) is 0 Å². The summed E-state index contributed by atoms with van der Waals surface area (Å²) in [5, 5.41) is 0. The van der Waals surface area contributed by atoms with Gasteiger partial charge in [-0.2, -0.15) is 0 Å². The third-order valence-electron chi connectivity index (χ3n) is 9.19. The maximum absolute atomic E-state index is 13.5. The highest BCUT2D eigenvalue weighted by atomic mass is 79.9. The van der Waals surface area contributed by atoms with Gasteiger partial charge in [-0.1, -0.05) is 88.7 Å². The quantitative estimate of drug-likeness (QED) is 0.277. The molecule has 1 spiro atoms. The van der Waals surface area contributed by atoms with Crippen LogP contribution in [0.25, 0.3) is 0 Å². The first-order valence-corrected chi connectivity index (χ1v) is 14.9. The van der Waals surface area contributed by atoms with Crippen LogP contribution in [-0.4, -0.2) is 59.9 Å². The van der Waals surface area contributed by atoms with Crippen LogP contribution < -0.4 is 0 Å². The van der Waals surface area contributed by atoms with Gasteiger partial charge in [0.1, 0.15) is 0 Å². The molecule has 0 bridgehead atoms. The number of likely N-dealkylation sites (tertiary alicyclic amines) is 3. The first-order valence-electron chi connectivity index (χ1n) is 14.2. The van der Waals surface area contributed by atoms with Crippen molar-refractivity contribution < 1.29 is 4.79 Å². The van der Waals surface area contributed by atoms with E-state index < -0.39 is 0 Å². The van der Waals surface area contributed by atoms with Gasteiger partial charge in [-0.25, -0.2) is 0 Å². The van der Waals surface area contributed by atoms with E-state index in [9.17, 15) is 4.79 Å². The molecule has 3 aliphatic rings. The predicted molar refractivity (Wildman–Crippen MR) is 171 cm³/mol. The van der Waals surface area contributed by atoms with Crippen molar-refractivity contribution in [3.63, 3.8) is 0 Å². The van der Waals surface area contributed by atoms with Gasteiger partial charge in [-0.3, -0.25) is 9.69 Å². The molecule has 0 unspecified atom stereocenters. The molecule has 3 fully saturated rings. The van der Waals surface area contributed by atoms with Crippen LogP contribution in [0.5, 0.6) is 0 Å². The normalized spacial score (nSPS) is 22.7. The van der Waals surface area contributed by atoms with Crippen molar-refractivity contribution in [2.24, 2.45) is 11.3 Å². The summed E-state index contributed by atoms with van der Waals surface area (Å²) in [6.07, 6.45) is 3.01. The van der Waals surface area contributed by atoms with Gasteiger partial charge in [0.15, 0.2) is 0 Å². The van der Waals surface area contributed by atoms with Crippen LogP contribution >= 0.6 is 40.7 Å². The molecule has 3 aliphatic heterocycles. The van der Waals surface area contributed by atoms with Gasteiger partial charge in [0.2, 0.25) is 5.91 Å². The van der Waals surface area contributed by atoms with Crippen molar-refractivity contribution in [1.29, 1.82) is 0 Å². The van der Waals surface area contributed by atoms with Gasteiger partial charge in [0, 0.05) is 49.7 Å². The largest absolute Gasteiger partial charge is 0.338 e. The average Bonchev–Trinajstić information content (AvgIpc) is 3.48. The molecule has 3 heterocycles. The Hall–Kier alpha value is -1.89. The van der Waals surface area contributed by atoms with Gasteiger partial charge < -0.3 is 9.80 Å². The minimum absolute atomic E-state index is 0. The number of carbonyl (C=O) groups excluding carboxylic acids is 1. The summed E-state index contributed by atoms with van der Waals surface area (Å²) < 4.78 is 1.08. The van der Waals surface area contributed by atoms with Crippen molar-refractivity contribution in [2.45, 2.75) is 38.3 Å². The second kappa shape index (κ2) is 13.8. The number of halogens is 3. The van der Waals surface area contributed by atoms with Gasteiger partial charge in [0.25, 0.3) is 0 Å². The van der Waals surface area contributed by atoms with Crippen LogP contribution in [0.2, 0.25) is 0 Å². The fourth-order valence-electron chi connectivity index (χ4n) is 7.01. The van der Waals surface area contributed by atoms with Crippen molar-refractivity contribution in [3.05, 3.63) is 106 Å². The molecule has 7 heteroatoms. The van der Waals surface area contributed by atoms with E-state index in [-0.39, 0.29) is 30.2 Å². The van der Waals surface area contributed by atoms with E-state index in [1.54, 1.807) is 0 Å².